The molecule has 0 aromatic heterocycles. The van der Waals surface area contributed by atoms with Crippen molar-refractivity contribution in [3.8, 4) is 0 Å². The number of hydrogen-bond donors (Lipinski definition) is 3. The zero-order valence-corrected chi connectivity index (χ0v) is 9.60. The molecule has 0 aliphatic rings. The molecule has 4 nitrogen and oxygen atoms in total. The molecular weight excluding hydrogens is 204 g/mol. The van der Waals surface area contributed by atoms with Crippen LogP contribution < -0.4 is 10.6 Å². The Labute approximate surface area is 95.7 Å². The second-order valence-corrected chi connectivity index (χ2v) is 3.83. The molecule has 3 N–H and O–H groups in total. The molecule has 2 atom stereocenters. The summed E-state index contributed by atoms with van der Waals surface area (Å²) in [6.45, 7) is 3.60. The van der Waals surface area contributed by atoms with Crippen molar-refractivity contribution in [2.45, 2.75) is 25.9 Å². The highest BCUT2D eigenvalue weighted by Crippen LogP contribution is 2.10. The van der Waals surface area contributed by atoms with Gasteiger partial charge in [-0.1, -0.05) is 30.3 Å². The number of benzene rings is 1. The quantitative estimate of drug-likeness (QED) is 0.721. The molecule has 0 heterocycles. The second-order valence-electron chi connectivity index (χ2n) is 3.83. The topological polar surface area (TPSA) is 61.4 Å². The number of aliphatic hydroxyl groups excluding tert-OH is 1. The third kappa shape index (κ3) is 3.90. The van der Waals surface area contributed by atoms with Crippen LogP contribution in [0.4, 0.5) is 4.79 Å². The summed E-state index contributed by atoms with van der Waals surface area (Å²) in [4.78, 5) is 11.5. The predicted molar refractivity (Wildman–Crippen MR) is 63.1 cm³/mol. The number of aliphatic hydroxyl groups is 1. The van der Waals surface area contributed by atoms with Crippen molar-refractivity contribution in [2.75, 3.05) is 6.61 Å². The smallest absolute Gasteiger partial charge is 0.315 e. The van der Waals surface area contributed by atoms with E-state index in [9.17, 15) is 4.79 Å². The standard InChI is InChI=1S/C12H18N2O2/c1-9(8-15)13-12(16)14-10(2)11-6-4-3-5-7-11/h3-7,9-10,15H,8H2,1-2H3,(H2,13,14,16)/t9-,10+/m0/s1. The van der Waals surface area contributed by atoms with Crippen LogP contribution in [0.5, 0.6) is 0 Å². The van der Waals surface area contributed by atoms with Crippen LogP contribution in [0.2, 0.25) is 0 Å². The molecule has 0 fully saturated rings. The van der Waals surface area contributed by atoms with Gasteiger partial charge < -0.3 is 15.7 Å². The minimum absolute atomic E-state index is 0.0490. The van der Waals surface area contributed by atoms with Crippen molar-refractivity contribution in [2.24, 2.45) is 0 Å². The maximum Gasteiger partial charge on any atom is 0.315 e. The zero-order valence-electron chi connectivity index (χ0n) is 9.60. The molecule has 1 aromatic carbocycles. The molecular formula is C12H18N2O2. The van der Waals surface area contributed by atoms with E-state index in [1.807, 2.05) is 37.3 Å². The van der Waals surface area contributed by atoms with E-state index in [2.05, 4.69) is 10.6 Å². The average Bonchev–Trinajstić information content (AvgIpc) is 2.29. The molecule has 0 unspecified atom stereocenters. The number of carbonyl (C=O) groups is 1. The Hall–Kier alpha value is -1.55. The van der Waals surface area contributed by atoms with Gasteiger partial charge in [0.15, 0.2) is 0 Å². The number of urea groups is 1. The van der Waals surface area contributed by atoms with Gasteiger partial charge in [-0.2, -0.15) is 0 Å². The maximum atomic E-state index is 11.5. The first-order valence-corrected chi connectivity index (χ1v) is 5.36. The van der Waals surface area contributed by atoms with E-state index in [0.29, 0.717) is 0 Å². The van der Waals surface area contributed by atoms with Crippen molar-refractivity contribution < 1.29 is 9.90 Å². The van der Waals surface area contributed by atoms with Crippen molar-refractivity contribution in [1.82, 2.24) is 10.6 Å². The van der Waals surface area contributed by atoms with Crippen LogP contribution in [0.3, 0.4) is 0 Å². The van der Waals surface area contributed by atoms with Gasteiger partial charge in [0.2, 0.25) is 0 Å². The number of amides is 2. The fourth-order valence-corrected chi connectivity index (χ4v) is 1.33. The minimum Gasteiger partial charge on any atom is -0.394 e. The molecule has 0 aliphatic heterocycles. The van der Waals surface area contributed by atoms with E-state index in [0.717, 1.165) is 5.56 Å². The summed E-state index contributed by atoms with van der Waals surface area (Å²) in [6.07, 6.45) is 0. The molecule has 16 heavy (non-hydrogen) atoms. The summed E-state index contributed by atoms with van der Waals surface area (Å²) >= 11 is 0. The molecule has 0 spiro atoms. The molecule has 4 heteroatoms. The average molecular weight is 222 g/mol. The van der Waals surface area contributed by atoms with Gasteiger partial charge in [0, 0.05) is 0 Å². The van der Waals surface area contributed by atoms with Gasteiger partial charge in [-0.15, -0.1) is 0 Å². The summed E-state index contributed by atoms with van der Waals surface area (Å²) in [5.41, 5.74) is 1.05. The molecule has 0 radical (unpaired) electrons. The van der Waals surface area contributed by atoms with Gasteiger partial charge in [-0.05, 0) is 19.4 Å². The third-order valence-corrected chi connectivity index (χ3v) is 2.30. The van der Waals surface area contributed by atoms with E-state index < -0.39 is 0 Å². The molecule has 1 rings (SSSR count). The molecule has 0 bridgehead atoms. The fraction of sp³-hybridized carbons (Fsp3) is 0.417. The van der Waals surface area contributed by atoms with Gasteiger partial charge in [0.1, 0.15) is 0 Å². The van der Waals surface area contributed by atoms with Gasteiger partial charge in [0.05, 0.1) is 18.7 Å². The highest BCUT2D eigenvalue weighted by molar-refractivity contribution is 5.74. The number of carbonyl (C=O) groups excluding carboxylic acids is 1. The number of rotatable bonds is 4. The van der Waals surface area contributed by atoms with Gasteiger partial charge >= 0.3 is 6.03 Å². The van der Waals surface area contributed by atoms with Crippen LogP contribution in [0.15, 0.2) is 30.3 Å². The highest BCUT2D eigenvalue weighted by Gasteiger charge is 2.10. The lowest BCUT2D eigenvalue weighted by atomic mass is 10.1. The molecule has 88 valence electrons. The SMILES string of the molecule is C[C@@H](CO)NC(=O)N[C@H](C)c1ccccc1. The molecule has 0 saturated heterocycles. The predicted octanol–water partition coefficient (Wildman–Crippen LogP) is 1.43. The van der Waals surface area contributed by atoms with Crippen molar-refractivity contribution in [3.63, 3.8) is 0 Å². The maximum absolute atomic E-state index is 11.5. The van der Waals surface area contributed by atoms with Crippen LogP contribution in [0.1, 0.15) is 25.5 Å². The molecule has 0 saturated carbocycles. The normalized spacial score (nSPS) is 13.9. The van der Waals surface area contributed by atoms with Crippen LogP contribution in [0, 0.1) is 0 Å². The van der Waals surface area contributed by atoms with Gasteiger partial charge in [-0.3, -0.25) is 0 Å². The highest BCUT2D eigenvalue weighted by atomic mass is 16.3. The van der Waals surface area contributed by atoms with E-state index in [-0.39, 0.29) is 24.7 Å². The number of nitrogens with one attached hydrogen (secondary N) is 2. The lowest BCUT2D eigenvalue weighted by molar-refractivity contribution is 0.218. The summed E-state index contributed by atoms with van der Waals surface area (Å²) < 4.78 is 0. The first-order chi connectivity index (χ1) is 7.63. The first kappa shape index (κ1) is 12.5. The Balaban J connectivity index is 2.46. The minimum atomic E-state index is -0.266. The molecule has 0 aliphatic carbocycles. The summed E-state index contributed by atoms with van der Waals surface area (Å²) in [5, 5.41) is 14.2. The second kappa shape index (κ2) is 6.12. The van der Waals surface area contributed by atoms with Crippen molar-refractivity contribution >= 4 is 6.03 Å². The first-order valence-electron chi connectivity index (χ1n) is 5.36. The fourth-order valence-electron chi connectivity index (χ4n) is 1.33. The Kier molecular flexibility index (Phi) is 4.79. The van der Waals surface area contributed by atoms with Crippen molar-refractivity contribution in [1.29, 1.82) is 0 Å². The van der Waals surface area contributed by atoms with Crippen LogP contribution in [-0.2, 0) is 0 Å². The Morgan fingerprint density at radius 2 is 1.88 bits per heavy atom. The van der Waals surface area contributed by atoms with Crippen LogP contribution in [0.25, 0.3) is 0 Å². The lowest BCUT2D eigenvalue weighted by Crippen LogP contribution is -2.43. The monoisotopic (exact) mass is 222 g/mol. The zero-order chi connectivity index (χ0) is 12.0. The van der Waals surface area contributed by atoms with Crippen molar-refractivity contribution in [3.05, 3.63) is 35.9 Å². The largest absolute Gasteiger partial charge is 0.394 e. The lowest BCUT2D eigenvalue weighted by Gasteiger charge is -2.17. The van der Waals surface area contributed by atoms with E-state index in [4.69, 9.17) is 5.11 Å². The van der Waals surface area contributed by atoms with Gasteiger partial charge in [0.25, 0.3) is 0 Å². The number of hydrogen-bond acceptors (Lipinski definition) is 2. The third-order valence-electron chi connectivity index (χ3n) is 2.30. The summed E-state index contributed by atoms with van der Waals surface area (Å²) in [6, 6.07) is 9.17. The Bertz CT molecular complexity index is 327. The molecule has 2 amide bonds. The molecule has 1 aromatic rings. The Morgan fingerprint density at radius 3 is 2.44 bits per heavy atom. The summed E-state index contributed by atoms with van der Waals surface area (Å²) in [5.74, 6) is 0. The van der Waals surface area contributed by atoms with Crippen LogP contribution >= 0.6 is 0 Å². The van der Waals surface area contributed by atoms with E-state index in [1.165, 1.54) is 0 Å². The summed E-state index contributed by atoms with van der Waals surface area (Å²) in [7, 11) is 0. The van der Waals surface area contributed by atoms with E-state index >= 15 is 0 Å². The van der Waals surface area contributed by atoms with E-state index in [1.54, 1.807) is 6.92 Å². The Morgan fingerprint density at radius 1 is 1.25 bits per heavy atom. The van der Waals surface area contributed by atoms with Gasteiger partial charge in [-0.25, -0.2) is 4.79 Å². The van der Waals surface area contributed by atoms with Crippen LogP contribution in [-0.4, -0.2) is 23.8 Å².